The number of thioether (sulfide) groups is 1. The summed E-state index contributed by atoms with van der Waals surface area (Å²) in [6, 6.07) is 0. The van der Waals surface area contributed by atoms with Gasteiger partial charge in [0.05, 0.1) is 9.49 Å². The zero-order valence-electron chi connectivity index (χ0n) is 18.4. The quantitative estimate of drug-likeness (QED) is 0.211. The lowest BCUT2D eigenvalue weighted by molar-refractivity contribution is -0.438. The van der Waals surface area contributed by atoms with E-state index in [2.05, 4.69) is 0 Å². The Balaban J connectivity index is 3.25. The van der Waals surface area contributed by atoms with E-state index in [1.807, 2.05) is 0 Å². The molecule has 4 unspecified atom stereocenters. The van der Waals surface area contributed by atoms with Gasteiger partial charge in [0.25, 0.3) is 10.8 Å². The molecule has 0 aromatic carbocycles. The molecule has 0 nitrogen and oxygen atoms in total. The van der Waals surface area contributed by atoms with Crippen molar-refractivity contribution in [3.8, 4) is 0 Å². The summed E-state index contributed by atoms with van der Waals surface area (Å²) in [6.45, 7) is 0. The summed E-state index contributed by atoms with van der Waals surface area (Å²) >= 11 is 9.04. The maximum atomic E-state index is 14.1. The van der Waals surface area contributed by atoms with Gasteiger partial charge in [-0.3, -0.25) is 0 Å². The van der Waals surface area contributed by atoms with Crippen molar-refractivity contribution < 1.29 is 79.0 Å². The summed E-state index contributed by atoms with van der Waals surface area (Å²) in [5.41, 5.74) is -14.3. The average molecular weight is 675 g/mol. The Hall–Kier alpha value is -0.330. The first kappa shape index (κ1) is 34.9. The molecule has 0 saturated heterocycles. The molecule has 2 fully saturated rings. The molecule has 0 aromatic rings. The number of rotatable bonds is 4. The molecular formula is C18H14Cl2F18S. The Kier molecular flexibility index (Phi) is 8.58. The van der Waals surface area contributed by atoms with Crippen LogP contribution in [0.5, 0.6) is 0 Å². The lowest BCUT2D eigenvalue weighted by atomic mass is 9.69. The first-order valence-electron chi connectivity index (χ1n) is 10.3. The minimum atomic E-state index is -7.56. The second-order valence-corrected chi connectivity index (χ2v) is 11.8. The maximum Gasteiger partial charge on any atom is 0.413 e. The molecule has 0 aromatic heterocycles. The van der Waals surface area contributed by atoms with Crippen LogP contribution in [-0.4, -0.2) is 57.3 Å². The fourth-order valence-electron chi connectivity index (χ4n) is 5.82. The average Bonchev–Trinajstić information content (AvgIpc) is 3.12. The molecule has 0 heterocycles. The highest BCUT2D eigenvalue weighted by Gasteiger charge is 2.96. The van der Waals surface area contributed by atoms with Crippen molar-refractivity contribution >= 4 is 35.0 Å². The predicted molar refractivity (Wildman–Crippen MR) is 101 cm³/mol. The molecule has 39 heavy (non-hydrogen) atoms. The van der Waals surface area contributed by atoms with Crippen molar-refractivity contribution in [3.63, 3.8) is 0 Å². The van der Waals surface area contributed by atoms with Gasteiger partial charge in [-0.1, -0.05) is 12.8 Å². The van der Waals surface area contributed by atoms with Crippen LogP contribution in [0.25, 0.3) is 0 Å². The summed E-state index contributed by atoms with van der Waals surface area (Å²) in [5, 5.41) is -6.30. The van der Waals surface area contributed by atoms with E-state index in [0.717, 1.165) is 0 Å². The van der Waals surface area contributed by atoms with Crippen LogP contribution in [-0.2, 0) is 0 Å². The first-order valence-corrected chi connectivity index (χ1v) is 12.0. The highest BCUT2D eigenvalue weighted by molar-refractivity contribution is 8.02. The van der Waals surface area contributed by atoms with Crippen LogP contribution in [0.15, 0.2) is 0 Å². The molecule has 21 heteroatoms. The summed E-state index contributed by atoms with van der Waals surface area (Å²) < 4.78 is 244. The van der Waals surface area contributed by atoms with E-state index in [1.54, 1.807) is 0 Å². The van der Waals surface area contributed by atoms with E-state index >= 15 is 0 Å². The fourth-order valence-corrected chi connectivity index (χ4v) is 9.58. The topological polar surface area (TPSA) is 0 Å². The zero-order chi connectivity index (χ0) is 31.1. The lowest BCUT2D eigenvalue weighted by Gasteiger charge is -2.58. The van der Waals surface area contributed by atoms with Crippen LogP contribution in [0.3, 0.4) is 0 Å². The van der Waals surface area contributed by atoms with Gasteiger partial charge in [-0.05, 0) is 25.7 Å². The highest BCUT2D eigenvalue weighted by Crippen LogP contribution is 2.79. The Morgan fingerprint density at radius 1 is 0.436 bits per heavy atom. The standard InChI is InChI=1S/C18H14Cl2F18S/c19-7-3-1-5-9(7,11(13(21,22)23,14(24,25)26)15(27,28)29)39-10(6-2-4-8(10)20)12(16(30,31)32,17(33,34)35)18(36,37)38/h7-8H,1-6H2. The largest absolute Gasteiger partial charge is 0.413 e. The third-order valence-corrected chi connectivity index (χ3v) is 11.0. The zero-order valence-corrected chi connectivity index (χ0v) is 20.7. The molecule has 0 radical (unpaired) electrons. The molecule has 0 aliphatic heterocycles. The number of hydrogen-bond acceptors (Lipinski definition) is 1. The third kappa shape index (κ3) is 4.46. The monoisotopic (exact) mass is 674 g/mol. The van der Waals surface area contributed by atoms with Crippen LogP contribution in [0.2, 0.25) is 0 Å². The van der Waals surface area contributed by atoms with Crippen molar-refractivity contribution in [2.24, 2.45) is 10.8 Å². The van der Waals surface area contributed by atoms with Gasteiger partial charge in [0.2, 0.25) is 0 Å². The van der Waals surface area contributed by atoms with Gasteiger partial charge in [-0.15, -0.1) is 35.0 Å². The molecule has 2 rings (SSSR count). The Labute approximate surface area is 221 Å². The van der Waals surface area contributed by atoms with Crippen LogP contribution >= 0.6 is 35.0 Å². The van der Waals surface area contributed by atoms with E-state index in [-0.39, 0.29) is 0 Å². The lowest BCUT2D eigenvalue weighted by Crippen LogP contribution is -2.76. The smallest absolute Gasteiger partial charge is 0.170 e. The Morgan fingerprint density at radius 2 is 0.641 bits per heavy atom. The van der Waals surface area contributed by atoms with Crippen LogP contribution < -0.4 is 0 Å². The summed E-state index contributed by atoms with van der Waals surface area (Å²) in [5.74, 6) is 0. The van der Waals surface area contributed by atoms with E-state index < -0.39 is 118 Å². The van der Waals surface area contributed by atoms with Crippen LogP contribution in [0.4, 0.5) is 79.0 Å². The van der Waals surface area contributed by atoms with E-state index in [1.165, 1.54) is 0 Å². The normalized spacial score (nSPS) is 30.8. The van der Waals surface area contributed by atoms with Gasteiger partial charge >= 0.3 is 37.1 Å². The number of alkyl halides is 20. The van der Waals surface area contributed by atoms with Crippen LogP contribution in [0, 0.1) is 10.8 Å². The molecule has 4 atom stereocenters. The van der Waals surface area contributed by atoms with E-state index in [4.69, 9.17) is 23.2 Å². The maximum absolute atomic E-state index is 14.1. The molecule has 0 amide bonds. The van der Waals surface area contributed by atoms with Crippen molar-refractivity contribution in [1.29, 1.82) is 0 Å². The van der Waals surface area contributed by atoms with Crippen LogP contribution in [0.1, 0.15) is 38.5 Å². The van der Waals surface area contributed by atoms with E-state index in [9.17, 15) is 79.0 Å². The van der Waals surface area contributed by atoms with Gasteiger partial charge in [-0.2, -0.15) is 79.0 Å². The first-order chi connectivity index (χ1) is 17.0. The number of halogens is 20. The molecular weight excluding hydrogens is 661 g/mol. The summed E-state index contributed by atoms with van der Waals surface area (Å²) in [6.07, 6.45) is -54.4. The fraction of sp³-hybridized carbons (Fsp3) is 1.00. The molecule has 0 bridgehead atoms. The van der Waals surface area contributed by atoms with Gasteiger partial charge in [0.1, 0.15) is 0 Å². The van der Waals surface area contributed by atoms with E-state index in [0.29, 0.717) is 0 Å². The van der Waals surface area contributed by atoms with Crippen molar-refractivity contribution in [2.45, 2.75) is 95.8 Å². The van der Waals surface area contributed by atoms with Gasteiger partial charge in [-0.25, -0.2) is 0 Å². The Bertz CT molecular complexity index is 753. The van der Waals surface area contributed by atoms with Gasteiger partial charge in [0, 0.05) is 10.8 Å². The van der Waals surface area contributed by atoms with Gasteiger partial charge < -0.3 is 0 Å². The Morgan fingerprint density at radius 3 is 0.769 bits per heavy atom. The van der Waals surface area contributed by atoms with Gasteiger partial charge in [0.15, 0.2) is 0 Å². The van der Waals surface area contributed by atoms with Crippen molar-refractivity contribution in [2.75, 3.05) is 0 Å². The second kappa shape index (κ2) is 9.59. The van der Waals surface area contributed by atoms with Crippen molar-refractivity contribution in [1.82, 2.24) is 0 Å². The molecule has 2 aliphatic rings. The second-order valence-electron chi connectivity index (χ2n) is 9.09. The highest BCUT2D eigenvalue weighted by atomic mass is 35.5. The molecule has 0 N–H and O–H groups in total. The third-order valence-electron chi connectivity index (χ3n) is 7.21. The minimum absolute atomic E-state index is 1.15. The molecule has 2 saturated carbocycles. The van der Waals surface area contributed by atoms with Crippen molar-refractivity contribution in [3.05, 3.63) is 0 Å². The summed E-state index contributed by atoms with van der Waals surface area (Å²) in [4.78, 5) is 0. The number of hydrogen-bond donors (Lipinski definition) is 0. The summed E-state index contributed by atoms with van der Waals surface area (Å²) in [7, 11) is 0. The minimum Gasteiger partial charge on any atom is -0.170 e. The SMILES string of the molecule is FC(F)(F)C(C(F)(F)F)(C(F)(F)F)C1(SC2(C(C(F)(F)F)(C(F)(F)F)C(F)(F)F)CCCC2Cl)CCCC1Cl. The molecule has 0 spiro atoms. The molecule has 2 aliphatic carbocycles. The predicted octanol–water partition coefficient (Wildman–Crippen LogP) is 10.1. The molecule has 232 valence electrons.